The van der Waals surface area contributed by atoms with Crippen molar-refractivity contribution >= 4 is 22.9 Å². The van der Waals surface area contributed by atoms with Gasteiger partial charge in [0.2, 0.25) is 0 Å². The molecule has 2 rings (SSSR count). The fourth-order valence-electron chi connectivity index (χ4n) is 2.05. The zero-order valence-corrected chi connectivity index (χ0v) is 12.9. The van der Waals surface area contributed by atoms with Crippen LogP contribution >= 0.6 is 22.9 Å². The monoisotopic (exact) mass is 294 g/mol. The van der Waals surface area contributed by atoms with Gasteiger partial charge < -0.3 is 5.32 Å². The highest BCUT2D eigenvalue weighted by Gasteiger charge is 2.05. The molecule has 1 heterocycles. The van der Waals surface area contributed by atoms with Crippen LogP contribution in [0.2, 0.25) is 5.02 Å². The summed E-state index contributed by atoms with van der Waals surface area (Å²) in [6.45, 7) is 2.84. The number of halogens is 1. The number of rotatable bonds is 6. The van der Waals surface area contributed by atoms with E-state index in [1.807, 2.05) is 36.6 Å². The predicted molar refractivity (Wildman–Crippen MR) is 83.7 cm³/mol. The Labute approximate surface area is 124 Å². The summed E-state index contributed by atoms with van der Waals surface area (Å²) in [4.78, 5) is 5.09. The number of benzene rings is 1. The van der Waals surface area contributed by atoms with E-state index in [1.165, 1.54) is 15.3 Å². The van der Waals surface area contributed by atoms with Crippen molar-refractivity contribution in [3.8, 4) is 0 Å². The molecule has 2 aromatic rings. The zero-order valence-electron chi connectivity index (χ0n) is 11.3. The molecule has 1 N–H and O–H groups in total. The molecule has 2 nitrogen and oxygen atoms in total. The third kappa shape index (κ3) is 4.62. The number of hydrogen-bond acceptors (Lipinski definition) is 3. The van der Waals surface area contributed by atoms with Gasteiger partial charge in [-0.05, 0) is 43.9 Å². The van der Waals surface area contributed by atoms with Gasteiger partial charge in [-0.3, -0.25) is 4.90 Å². The number of nitrogens with zero attached hydrogens (tertiary/aromatic N) is 1. The van der Waals surface area contributed by atoms with Crippen molar-refractivity contribution in [1.29, 1.82) is 0 Å². The standard InChI is InChI=1S/C15H19ClN2S/c1-17-9-14-6-7-15(19-14)11-18(2)10-12-4-3-5-13(16)8-12/h3-8,17H,9-11H2,1-2H3. The Kier molecular flexibility index (Phi) is 5.40. The van der Waals surface area contributed by atoms with E-state index in [1.54, 1.807) is 0 Å². The van der Waals surface area contributed by atoms with Crippen LogP contribution in [0.3, 0.4) is 0 Å². The molecular formula is C15H19ClN2S. The fourth-order valence-corrected chi connectivity index (χ4v) is 3.37. The van der Waals surface area contributed by atoms with E-state index in [0.29, 0.717) is 0 Å². The van der Waals surface area contributed by atoms with Crippen LogP contribution in [-0.4, -0.2) is 19.0 Å². The lowest BCUT2D eigenvalue weighted by Crippen LogP contribution is -2.16. The lowest BCUT2D eigenvalue weighted by atomic mass is 10.2. The number of nitrogens with one attached hydrogen (secondary N) is 1. The molecule has 0 amide bonds. The van der Waals surface area contributed by atoms with Crippen LogP contribution in [0.5, 0.6) is 0 Å². The normalized spacial score (nSPS) is 11.2. The Hall–Kier alpha value is -0.870. The van der Waals surface area contributed by atoms with Crippen LogP contribution < -0.4 is 5.32 Å². The van der Waals surface area contributed by atoms with Gasteiger partial charge in [-0.15, -0.1) is 11.3 Å². The van der Waals surface area contributed by atoms with Gasteiger partial charge in [0, 0.05) is 34.4 Å². The molecule has 0 unspecified atom stereocenters. The molecule has 102 valence electrons. The van der Waals surface area contributed by atoms with Gasteiger partial charge in [-0.1, -0.05) is 23.7 Å². The summed E-state index contributed by atoms with van der Waals surface area (Å²) in [6.07, 6.45) is 0. The molecule has 0 atom stereocenters. The second kappa shape index (κ2) is 7.06. The average molecular weight is 295 g/mol. The van der Waals surface area contributed by atoms with Crippen LogP contribution in [0.15, 0.2) is 36.4 Å². The number of thiophene rings is 1. The molecule has 4 heteroatoms. The Morgan fingerprint density at radius 1 is 1.16 bits per heavy atom. The molecule has 0 spiro atoms. The first-order valence-electron chi connectivity index (χ1n) is 6.32. The van der Waals surface area contributed by atoms with Crippen LogP contribution in [0.25, 0.3) is 0 Å². The van der Waals surface area contributed by atoms with Crippen molar-refractivity contribution in [2.45, 2.75) is 19.6 Å². The molecule has 19 heavy (non-hydrogen) atoms. The highest BCUT2D eigenvalue weighted by atomic mass is 35.5. The second-order valence-electron chi connectivity index (χ2n) is 4.70. The molecule has 0 fully saturated rings. The predicted octanol–water partition coefficient (Wildman–Crippen LogP) is 3.75. The Bertz CT molecular complexity index is 524. The van der Waals surface area contributed by atoms with Gasteiger partial charge >= 0.3 is 0 Å². The third-order valence-corrected chi connectivity index (χ3v) is 4.14. The Morgan fingerprint density at radius 2 is 1.95 bits per heavy atom. The van der Waals surface area contributed by atoms with E-state index in [9.17, 15) is 0 Å². The molecule has 0 saturated heterocycles. The Morgan fingerprint density at radius 3 is 2.68 bits per heavy atom. The molecule has 0 radical (unpaired) electrons. The van der Waals surface area contributed by atoms with Crippen molar-refractivity contribution in [2.24, 2.45) is 0 Å². The van der Waals surface area contributed by atoms with E-state index < -0.39 is 0 Å². The van der Waals surface area contributed by atoms with Gasteiger partial charge in [-0.2, -0.15) is 0 Å². The minimum Gasteiger partial charge on any atom is -0.315 e. The zero-order chi connectivity index (χ0) is 13.7. The smallest absolute Gasteiger partial charge is 0.0409 e. The fraction of sp³-hybridized carbons (Fsp3) is 0.333. The second-order valence-corrected chi connectivity index (χ2v) is 6.39. The molecule has 0 aliphatic rings. The quantitative estimate of drug-likeness (QED) is 0.873. The summed E-state index contributed by atoms with van der Waals surface area (Å²) in [6, 6.07) is 12.5. The van der Waals surface area contributed by atoms with Crippen molar-refractivity contribution in [1.82, 2.24) is 10.2 Å². The van der Waals surface area contributed by atoms with Gasteiger partial charge in [-0.25, -0.2) is 0 Å². The van der Waals surface area contributed by atoms with Crippen molar-refractivity contribution < 1.29 is 0 Å². The molecule has 0 aliphatic heterocycles. The first kappa shape index (κ1) is 14.5. The van der Waals surface area contributed by atoms with Gasteiger partial charge in [0.1, 0.15) is 0 Å². The summed E-state index contributed by atoms with van der Waals surface area (Å²) in [7, 11) is 4.11. The average Bonchev–Trinajstić information content (AvgIpc) is 2.77. The summed E-state index contributed by atoms with van der Waals surface area (Å²) >= 11 is 7.87. The van der Waals surface area contributed by atoms with E-state index in [0.717, 1.165) is 24.7 Å². The van der Waals surface area contributed by atoms with Gasteiger partial charge in [0.25, 0.3) is 0 Å². The highest BCUT2D eigenvalue weighted by Crippen LogP contribution is 2.19. The van der Waals surface area contributed by atoms with Crippen LogP contribution in [0.4, 0.5) is 0 Å². The summed E-state index contributed by atoms with van der Waals surface area (Å²) in [5.74, 6) is 0. The summed E-state index contributed by atoms with van der Waals surface area (Å²) in [5, 5.41) is 3.98. The minimum atomic E-state index is 0.804. The van der Waals surface area contributed by atoms with Crippen LogP contribution in [0, 0.1) is 0 Å². The molecule has 1 aromatic carbocycles. The van der Waals surface area contributed by atoms with Gasteiger partial charge in [0.15, 0.2) is 0 Å². The number of hydrogen-bond donors (Lipinski definition) is 1. The summed E-state index contributed by atoms with van der Waals surface area (Å²) < 4.78 is 0. The van der Waals surface area contributed by atoms with Crippen molar-refractivity contribution in [3.63, 3.8) is 0 Å². The lowest BCUT2D eigenvalue weighted by molar-refractivity contribution is 0.322. The van der Waals surface area contributed by atoms with Crippen molar-refractivity contribution in [3.05, 3.63) is 56.7 Å². The largest absolute Gasteiger partial charge is 0.315 e. The third-order valence-electron chi connectivity index (χ3n) is 2.84. The molecule has 0 saturated carbocycles. The maximum absolute atomic E-state index is 6.00. The van der Waals surface area contributed by atoms with E-state index >= 15 is 0 Å². The maximum Gasteiger partial charge on any atom is 0.0409 e. The highest BCUT2D eigenvalue weighted by molar-refractivity contribution is 7.11. The maximum atomic E-state index is 6.00. The molecule has 0 bridgehead atoms. The minimum absolute atomic E-state index is 0.804. The van der Waals surface area contributed by atoms with E-state index in [2.05, 4.69) is 35.5 Å². The van der Waals surface area contributed by atoms with E-state index in [-0.39, 0.29) is 0 Å². The first-order valence-corrected chi connectivity index (χ1v) is 7.52. The molecule has 0 aliphatic carbocycles. The first-order chi connectivity index (χ1) is 9.17. The lowest BCUT2D eigenvalue weighted by Gasteiger charge is -2.15. The molecule has 1 aromatic heterocycles. The molecular weight excluding hydrogens is 276 g/mol. The Balaban J connectivity index is 1.91. The van der Waals surface area contributed by atoms with Crippen LogP contribution in [0.1, 0.15) is 15.3 Å². The summed E-state index contributed by atoms with van der Waals surface area (Å²) in [5.41, 5.74) is 1.25. The van der Waals surface area contributed by atoms with Crippen LogP contribution in [-0.2, 0) is 19.6 Å². The van der Waals surface area contributed by atoms with E-state index in [4.69, 9.17) is 11.6 Å². The topological polar surface area (TPSA) is 15.3 Å². The van der Waals surface area contributed by atoms with Gasteiger partial charge in [0.05, 0.1) is 0 Å². The van der Waals surface area contributed by atoms with Crippen molar-refractivity contribution in [2.75, 3.05) is 14.1 Å². The SMILES string of the molecule is CNCc1ccc(CN(C)Cc2cccc(Cl)c2)s1.